The third-order valence-electron chi connectivity index (χ3n) is 3.52. The highest BCUT2D eigenvalue weighted by Crippen LogP contribution is 2.22. The van der Waals surface area contributed by atoms with Crippen LogP contribution in [0, 0.1) is 12.8 Å². The molecule has 0 saturated carbocycles. The number of hydrogen-bond acceptors (Lipinski definition) is 3. The van der Waals surface area contributed by atoms with Gasteiger partial charge in [0, 0.05) is 17.5 Å². The summed E-state index contributed by atoms with van der Waals surface area (Å²) in [6, 6.07) is 9.79. The Bertz CT molecular complexity index is 606. The maximum Gasteiger partial charge on any atom is 0.224 e. The van der Waals surface area contributed by atoms with Crippen LogP contribution in [0.25, 0.3) is 10.9 Å². The number of aromatic nitrogens is 1. The third kappa shape index (κ3) is 3.33. The Hall–Kier alpha value is -1.94. The van der Waals surface area contributed by atoms with Crippen molar-refractivity contribution < 1.29 is 4.79 Å². The molecule has 0 spiro atoms. The number of carbonyl (C=O) groups excluding carboxylic acids is 1. The number of fused-ring (bicyclic) bond motifs is 1. The van der Waals surface area contributed by atoms with Crippen molar-refractivity contribution in [3.05, 3.63) is 36.0 Å². The molecule has 0 radical (unpaired) electrons. The minimum atomic E-state index is -0.00175. The van der Waals surface area contributed by atoms with Gasteiger partial charge in [0.25, 0.3) is 0 Å². The summed E-state index contributed by atoms with van der Waals surface area (Å²) in [7, 11) is 0. The number of benzene rings is 1. The van der Waals surface area contributed by atoms with E-state index in [1.807, 2.05) is 44.2 Å². The zero-order chi connectivity index (χ0) is 14.5. The molecule has 1 amide bonds. The molecular formula is C16H21N3O. The molecule has 20 heavy (non-hydrogen) atoms. The number of nitrogens with zero attached hydrogens (tertiary/aromatic N) is 1. The van der Waals surface area contributed by atoms with Gasteiger partial charge in [-0.2, -0.15) is 0 Å². The zero-order valence-electron chi connectivity index (χ0n) is 12.0. The van der Waals surface area contributed by atoms with E-state index in [0.29, 0.717) is 13.0 Å². The van der Waals surface area contributed by atoms with Crippen LogP contribution in [0.1, 0.15) is 25.5 Å². The number of hydrogen-bond donors (Lipinski definition) is 2. The predicted octanol–water partition coefficient (Wildman–Crippen LogP) is 2.86. The number of aryl methyl sites for hydroxylation is 1. The second-order valence-corrected chi connectivity index (χ2v) is 5.09. The number of carbonyl (C=O) groups is 1. The van der Waals surface area contributed by atoms with Crippen molar-refractivity contribution in [1.82, 2.24) is 4.98 Å². The number of nitrogens with two attached hydrogens (primary N) is 1. The van der Waals surface area contributed by atoms with Gasteiger partial charge in [0.1, 0.15) is 0 Å². The van der Waals surface area contributed by atoms with Crippen LogP contribution in [0.3, 0.4) is 0 Å². The number of pyridine rings is 1. The highest BCUT2D eigenvalue weighted by Gasteiger charge is 2.12. The molecule has 1 atom stereocenters. The first kappa shape index (κ1) is 14.5. The standard InChI is InChI=1S/C16H21N3O/c1-3-12(10-17)9-15(20)19-14-6-4-5-13-8-7-11(2)18-16(13)14/h4-8,12H,3,9-10,17H2,1-2H3,(H,19,20). The van der Waals surface area contributed by atoms with Crippen molar-refractivity contribution in [1.29, 1.82) is 0 Å². The molecule has 0 aliphatic heterocycles. The highest BCUT2D eigenvalue weighted by atomic mass is 16.1. The highest BCUT2D eigenvalue weighted by molar-refractivity contribution is 6.00. The molecule has 2 rings (SSSR count). The molecule has 0 aliphatic rings. The summed E-state index contributed by atoms with van der Waals surface area (Å²) in [5, 5.41) is 3.98. The van der Waals surface area contributed by atoms with E-state index < -0.39 is 0 Å². The van der Waals surface area contributed by atoms with E-state index in [9.17, 15) is 4.79 Å². The molecule has 4 heteroatoms. The van der Waals surface area contributed by atoms with Gasteiger partial charge in [-0.25, -0.2) is 0 Å². The van der Waals surface area contributed by atoms with Crippen LogP contribution < -0.4 is 11.1 Å². The average Bonchev–Trinajstić information content (AvgIpc) is 2.45. The van der Waals surface area contributed by atoms with E-state index in [4.69, 9.17) is 5.73 Å². The SMILES string of the molecule is CCC(CN)CC(=O)Nc1cccc2ccc(C)nc12. The first-order chi connectivity index (χ1) is 9.63. The van der Waals surface area contributed by atoms with Crippen LogP contribution in [0.4, 0.5) is 5.69 Å². The Balaban J connectivity index is 2.21. The molecule has 4 nitrogen and oxygen atoms in total. The number of amides is 1. The maximum absolute atomic E-state index is 12.1. The topological polar surface area (TPSA) is 68.0 Å². The lowest BCUT2D eigenvalue weighted by Gasteiger charge is -2.13. The zero-order valence-corrected chi connectivity index (χ0v) is 12.0. The van der Waals surface area contributed by atoms with Gasteiger partial charge in [0.2, 0.25) is 5.91 Å². The van der Waals surface area contributed by atoms with Gasteiger partial charge in [-0.1, -0.05) is 31.5 Å². The Morgan fingerprint density at radius 1 is 1.35 bits per heavy atom. The molecule has 0 saturated heterocycles. The summed E-state index contributed by atoms with van der Waals surface area (Å²) in [5.74, 6) is 0.234. The third-order valence-corrected chi connectivity index (χ3v) is 3.52. The quantitative estimate of drug-likeness (QED) is 0.878. The molecule has 3 N–H and O–H groups in total. The molecule has 1 aromatic heterocycles. The van der Waals surface area contributed by atoms with E-state index in [-0.39, 0.29) is 11.8 Å². The summed E-state index contributed by atoms with van der Waals surface area (Å²) in [4.78, 5) is 16.6. The second kappa shape index (κ2) is 6.48. The van der Waals surface area contributed by atoms with E-state index in [1.165, 1.54) is 0 Å². The van der Waals surface area contributed by atoms with E-state index >= 15 is 0 Å². The minimum absolute atomic E-state index is 0.00175. The van der Waals surface area contributed by atoms with Crippen LogP contribution in [0.2, 0.25) is 0 Å². The fourth-order valence-corrected chi connectivity index (χ4v) is 2.20. The number of anilines is 1. The summed E-state index contributed by atoms with van der Waals surface area (Å²) in [5.41, 5.74) is 8.18. The largest absolute Gasteiger partial charge is 0.330 e. The van der Waals surface area contributed by atoms with Gasteiger partial charge in [0.05, 0.1) is 11.2 Å². The molecule has 1 aromatic carbocycles. The lowest BCUT2D eigenvalue weighted by molar-refractivity contribution is -0.117. The predicted molar refractivity (Wildman–Crippen MR) is 82.6 cm³/mol. The minimum Gasteiger partial charge on any atom is -0.330 e. The van der Waals surface area contributed by atoms with Gasteiger partial charge in [-0.05, 0) is 31.5 Å². The van der Waals surface area contributed by atoms with Crippen molar-refractivity contribution in [3.8, 4) is 0 Å². The summed E-state index contributed by atoms with van der Waals surface area (Å²) in [6.07, 6.45) is 1.37. The molecule has 1 unspecified atom stereocenters. The van der Waals surface area contributed by atoms with Gasteiger partial charge < -0.3 is 11.1 Å². The normalized spacial score (nSPS) is 12.3. The lowest BCUT2D eigenvalue weighted by atomic mass is 10.0. The Morgan fingerprint density at radius 3 is 2.85 bits per heavy atom. The van der Waals surface area contributed by atoms with Gasteiger partial charge in [-0.15, -0.1) is 0 Å². The fourth-order valence-electron chi connectivity index (χ4n) is 2.20. The molecule has 1 heterocycles. The fraction of sp³-hybridized carbons (Fsp3) is 0.375. The molecule has 2 aromatic rings. The van der Waals surface area contributed by atoms with E-state index in [1.54, 1.807) is 0 Å². The second-order valence-electron chi connectivity index (χ2n) is 5.09. The van der Waals surface area contributed by atoms with Crippen LogP contribution in [0.5, 0.6) is 0 Å². The molecule has 0 fully saturated rings. The molecule has 106 valence electrons. The van der Waals surface area contributed by atoms with Crippen LogP contribution in [-0.4, -0.2) is 17.4 Å². The summed E-state index contributed by atoms with van der Waals surface area (Å²) >= 11 is 0. The van der Waals surface area contributed by atoms with Crippen molar-refractivity contribution in [2.24, 2.45) is 11.7 Å². The number of nitrogens with one attached hydrogen (secondary N) is 1. The van der Waals surface area contributed by atoms with Crippen LogP contribution in [0.15, 0.2) is 30.3 Å². The van der Waals surface area contributed by atoms with Crippen molar-refractivity contribution in [2.75, 3.05) is 11.9 Å². The van der Waals surface area contributed by atoms with E-state index in [0.717, 1.165) is 28.7 Å². The smallest absolute Gasteiger partial charge is 0.224 e. The van der Waals surface area contributed by atoms with E-state index in [2.05, 4.69) is 10.3 Å². The average molecular weight is 271 g/mol. The van der Waals surface area contributed by atoms with Gasteiger partial charge >= 0.3 is 0 Å². The van der Waals surface area contributed by atoms with Crippen molar-refractivity contribution >= 4 is 22.5 Å². The molecule has 0 aliphatic carbocycles. The number of rotatable bonds is 5. The van der Waals surface area contributed by atoms with Crippen LogP contribution >= 0.6 is 0 Å². The molecule has 0 bridgehead atoms. The van der Waals surface area contributed by atoms with Gasteiger partial charge in [0.15, 0.2) is 0 Å². The van der Waals surface area contributed by atoms with Crippen LogP contribution in [-0.2, 0) is 4.79 Å². The van der Waals surface area contributed by atoms with Crippen molar-refractivity contribution in [3.63, 3.8) is 0 Å². The monoisotopic (exact) mass is 271 g/mol. The maximum atomic E-state index is 12.1. The lowest BCUT2D eigenvalue weighted by Crippen LogP contribution is -2.21. The Morgan fingerprint density at radius 2 is 2.15 bits per heavy atom. The Kier molecular flexibility index (Phi) is 4.69. The summed E-state index contributed by atoms with van der Waals surface area (Å²) < 4.78 is 0. The molecular weight excluding hydrogens is 250 g/mol. The Labute approximate surface area is 119 Å². The van der Waals surface area contributed by atoms with Gasteiger partial charge in [-0.3, -0.25) is 9.78 Å². The first-order valence-corrected chi connectivity index (χ1v) is 7.00. The number of para-hydroxylation sites is 1. The summed E-state index contributed by atoms with van der Waals surface area (Å²) in [6.45, 7) is 4.53. The van der Waals surface area contributed by atoms with Crippen molar-refractivity contribution in [2.45, 2.75) is 26.7 Å². The first-order valence-electron chi connectivity index (χ1n) is 7.00.